The normalized spacial score (nSPS) is 17.5. The molecule has 0 saturated carbocycles. The number of carbonyl (C=O) groups is 2. The Morgan fingerprint density at radius 3 is 1.14 bits per heavy atom. The van der Waals surface area contributed by atoms with Crippen LogP contribution in [0.2, 0.25) is 64.5 Å². The van der Waals surface area contributed by atoms with Crippen molar-refractivity contribution in [3.05, 3.63) is 24.3 Å². The van der Waals surface area contributed by atoms with E-state index >= 15 is 0 Å². The molecule has 2 rings (SSSR count). The molecule has 0 aromatic carbocycles. The molecule has 332 valence electrons. The summed E-state index contributed by atoms with van der Waals surface area (Å²) in [5, 5.41) is 6.31. The van der Waals surface area contributed by atoms with E-state index in [1.807, 2.05) is 0 Å². The molecule has 2 unspecified atom stereocenters. The molecule has 0 saturated heterocycles. The van der Waals surface area contributed by atoms with Crippen LogP contribution in [0.3, 0.4) is 0 Å². The van der Waals surface area contributed by atoms with Gasteiger partial charge in [0.2, 0.25) is 11.8 Å². The Bertz CT molecular complexity index is 1060. The van der Waals surface area contributed by atoms with E-state index in [2.05, 4.69) is 87.3 Å². The van der Waals surface area contributed by atoms with E-state index in [4.69, 9.17) is 12.3 Å². The van der Waals surface area contributed by atoms with Gasteiger partial charge in [-0.1, -0.05) is 114 Å². The first-order chi connectivity index (χ1) is 27.1. The van der Waals surface area contributed by atoms with Crippen molar-refractivity contribution in [2.24, 2.45) is 11.8 Å². The molecule has 57 heavy (non-hydrogen) atoms. The van der Waals surface area contributed by atoms with Crippen LogP contribution in [0, 0.1) is 11.8 Å². The quantitative estimate of drug-likeness (QED) is 0.0372. The van der Waals surface area contributed by atoms with E-state index in [1.54, 1.807) is 0 Å². The maximum atomic E-state index is 12.4. The van der Waals surface area contributed by atoms with Crippen molar-refractivity contribution in [2.75, 3.05) is 13.1 Å². The van der Waals surface area contributed by atoms with Crippen LogP contribution in [0.1, 0.15) is 167 Å². The molecule has 2 atom stereocenters. The minimum absolute atomic E-state index is 0.193. The van der Waals surface area contributed by atoms with Gasteiger partial charge in [-0.25, -0.2) is 0 Å². The summed E-state index contributed by atoms with van der Waals surface area (Å²) in [7, 11) is -8.78. The number of allylic oxidation sites excluding steroid dienone is 4. The number of hydrogen-bond donors (Lipinski definition) is 2. The van der Waals surface area contributed by atoms with Crippen LogP contribution in [0.25, 0.3) is 0 Å². The molecule has 0 fully saturated rings. The van der Waals surface area contributed by atoms with E-state index in [1.165, 1.54) is 116 Å². The highest BCUT2D eigenvalue weighted by Gasteiger charge is 2.43. The van der Waals surface area contributed by atoms with E-state index in [0.29, 0.717) is 12.8 Å². The third-order valence-electron chi connectivity index (χ3n) is 11.8. The van der Waals surface area contributed by atoms with Gasteiger partial charge in [0.05, 0.1) is 0 Å². The summed E-state index contributed by atoms with van der Waals surface area (Å²) in [6.45, 7) is 19.2. The van der Waals surface area contributed by atoms with Gasteiger partial charge < -0.3 is 23.0 Å². The predicted octanol–water partition coefficient (Wildman–Crippen LogP) is 13.6. The fourth-order valence-corrected chi connectivity index (χ4v) is 28.4. The topological polar surface area (TPSA) is 85.9 Å². The van der Waals surface area contributed by atoms with E-state index in [-0.39, 0.29) is 11.8 Å². The third-order valence-corrected chi connectivity index (χ3v) is 27.2. The van der Waals surface area contributed by atoms with Crippen molar-refractivity contribution in [1.82, 2.24) is 10.6 Å². The minimum atomic E-state index is -2.42. The second-order valence-corrected chi connectivity index (χ2v) is 35.9. The van der Waals surface area contributed by atoms with Gasteiger partial charge in [0, 0.05) is 25.9 Å². The fourth-order valence-electron chi connectivity index (χ4n) is 9.10. The number of hydrogen-bond acceptors (Lipinski definition) is 5. The number of carbonyl (C=O) groups excluding carboxylic acids is 2. The van der Waals surface area contributed by atoms with Crippen molar-refractivity contribution < 1.29 is 21.9 Å². The van der Waals surface area contributed by atoms with Crippen molar-refractivity contribution in [1.29, 1.82) is 0 Å². The number of unbranched alkanes of at least 4 members (excludes halogenated alkanes) is 14. The molecule has 2 amide bonds. The second kappa shape index (κ2) is 29.4. The van der Waals surface area contributed by atoms with Gasteiger partial charge in [-0.3, -0.25) is 9.59 Å². The highest BCUT2D eigenvalue weighted by molar-refractivity contribution is 6.89. The van der Waals surface area contributed by atoms with Gasteiger partial charge in [0.25, 0.3) is 0 Å². The van der Waals surface area contributed by atoms with Gasteiger partial charge in [0.15, 0.2) is 16.6 Å². The van der Waals surface area contributed by atoms with E-state index in [0.717, 1.165) is 75.5 Å². The van der Waals surface area contributed by atoms with Crippen LogP contribution < -0.4 is 10.6 Å². The van der Waals surface area contributed by atoms with Crippen molar-refractivity contribution >= 4 is 45.6 Å². The zero-order valence-corrected chi connectivity index (χ0v) is 42.7. The first-order valence-corrected chi connectivity index (χ1v) is 35.9. The van der Waals surface area contributed by atoms with Crippen LogP contribution in [0.15, 0.2) is 24.3 Å². The number of nitrogens with one attached hydrogen (secondary N) is 2. The molecule has 0 aromatic heterocycles. The van der Waals surface area contributed by atoms with Crippen LogP contribution in [-0.4, -0.2) is 58.7 Å². The van der Waals surface area contributed by atoms with Crippen LogP contribution in [0.5, 0.6) is 0 Å². The molecular weight excluding hydrogens is 773 g/mol. The Kier molecular flexibility index (Phi) is 27.0. The van der Waals surface area contributed by atoms with Gasteiger partial charge in [-0.2, -0.15) is 0 Å². The first-order valence-electron chi connectivity index (χ1n) is 24.0. The maximum absolute atomic E-state index is 12.4. The van der Waals surface area contributed by atoms with Crippen molar-refractivity contribution in [3.63, 3.8) is 0 Å². The molecule has 0 aromatic rings. The van der Waals surface area contributed by atoms with E-state index in [9.17, 15) is 9.59 Å². The van der Waals surface area contributed by atoms with Crippen LogP contribution in [0.4, 0.5) is 0 Å². The molecule has 2 N–H and O–H groups in total. The third kappa shape index (κ3) is 29.1. The predicted molar refractivity (Wildman–Crippen MR) is 254 cm³/mol. The molecule has 0 aliphatic heterocycles. The summed E-state index contributed by atoms with van der Waals surface area (Å²) in [6, 6.07) is 2.00. The molecule has 0 radical (unpaired) electrons. The minimum Gasteiger partial charge on any atom is -0.436 e. The first kappa shape index (κ1) is 52.3. The molecule has 7 nitrogen and oxygen atoms in total. The van der Waals surface area contributed by atoms with Crippen LogP contribution >= 0.6 is 0 Å². The summed E-state index contributed by atoms with van der Waals surface area (Å²) >= 11 is 0. The lowest BCUT2D eigenvalue weighted by atomic mass is 9.99. The molecule has 0 heterocycles. The highest BCUT2D eigenvalue weighted by atomic mass is 28.5. The fraction of sp³-hybridized carbons (Fsp3) is 0.870. The summed E-state index contributed by atoms with van der Waals surface area (Å²) in [5.74, 6) is 2.10. The lowest BCUT2D eigenvalue weighted by molar-refractivity contribution is -0.122. The highest BCUT2D eigenvalue weighted by Crippen LogP contribution is 2.28. The smallest absolute Gasteiger partial charge is 0.312 e. The molecule has 11 heteroatoms. The molecule has 0 spiro atoms. The Labute approximate surface area is 357 Å². The maximum Gasteiger partial charge on any atom is 0.312 e. The summed E-state index contributed by atoms with van der Waals surface area (Å²) < 4.78 is 20.4. The standard InChI is InChI=1S/C46H92N2O5Si4/c1-54(2,41-29-39-47-45(49)37-23-19-15-11-9-13-17-21-31-43-33-25-26-34-43)51-56(5,6)53-57(7,8)52-55(3,4)42-30-40-48-46(50)38-24-20-16-12-10-14-18-22-32-44-35-27-28-36-44/h25,27,33,35,43-44H,9-24,26,28-32,34,36-42H2,1-8H3,(H,47,49)(H,48,50). The Morgan fingerprint density at radius 2 is 0.807 bits per heavy atom. The van der Waals surface area contributed by atoms with Gasteiger partial charge in [-0.15, -0.1) is 0 Å². The lowest BCUT2D eigenvalue weighted by Crippen LogP contribution is -2.56. The zero-order chi connectivity index (χ0) is 41.9. The lowest BCUT2D eigenvalue weighted by Gasteiger charge is -2.41. The largest absolute Gasteiger partial charge is 0.436 e. The molecule has 2 aliphatic rings. The van der Waals surface area contributed by atoms with Crippen LogP contribution in [-0.2, 0) is 21.9 Å². The average molecular weight is 866 g/mol. The van der Waals surface area contributed by atoms with Crippen molar-refractivity contribution in [3.8, 4) is 0 Å². The van der Waals surface area contributed by atoms with Gasteiger partial charge >= 0.3 is 17.1 Å². The summed E-state index contributed by atoms with van der Waals surface area (Å²) in [4.78, 5) is 24.9. The summed E-state index contributed by atoms with van der Waals surface area (Å²) in [5.41, 5.74) is 0. The Morgan fingerprint density at radius 1 is 0.474 bits per heavy atom. The SMILES string of the molecule is C[Si](C)(CCCNC(=O)CCCCCCCCCCC1C=CCC1)O[Si](C)(C)O[Si](C)(C)O[Si](C)(C)CCCNC(=O)CCCCCCCCCCC1C=CCC1. The monoisotopic (exact) mass is 865 g/mol. The van der Waals surface area contributed by atoms with Gasteiger partial charge in [-0.05, 0) is 141 Å². The van der Waals surface area contributed by atoms with Gasteiger partial charge in [0.1, 0.15) is 0 Å². The van der Waals surface area contributed by atoms with E-state index < -0.39 is 33.8 Å². The second-order valence-electron chi connectivity index (χ2n) is 19.8. The average Bonchev–Trinajstić information content (AvgIpc) is 3.84. The van der Waals surface area contributed by atoms with Crippen molar-refractivity contribution in [2.45, 2.75) is 231 Å². The number of rotatable bonds is 36. The summed E-state index contributed by atoms with van der Waals surface area (Å²) in [6.07, 6.45) is 41.1. The Hall–Kier alpha value is -0.832. The number of amides is 2. The molecular formula is C46H92N2O5Si4. The molecule has 0 bridgehead atoms. The molecule has 2 aliphatic carbocycles. The zero-order valence-electron chi connectivity index (χ0n) is 38.7. The Balaban J connectivity index is 1.46.